The van der Waals surface area contributed by atoms with Crippen molar-refractivity contribution in [3.8, 4) is 0 Å². The van der Waals surface area contributed by atoms with Gasteiger partial charge in [0.1, 0.15) is 54.9 Å². The number of aliphatic hydroxyl groups is 7. The molecule has 348 valence electrons. The average Bonchev–Trinajstić information content (AvgIpc) is 3.23. The van der Waals surface area contributed by atoms with Gasteiger partial charge in [0, 0.05) is 13.0 Å². The molecule has 0 saturated carbocycles. The van der Waals surface area contributed by atoms with Crippen molar-refractivity contribution in [3.63, 3.8) is 0 Å². The molecule has 2 fully saturated rings. The molecule has 0 bridgehead atoms. The molecule has 11 unspecified atom stereocenters. The summed E-state index contributed by atoms with van der Waals surface area (Å²) in [7, 11) is 0. The molecule has 0 aromatic carbocycles. The number of hydrogen-bond acceptors (Lipinski definition) is 14. The second-order valence-corrected chi connectivity index (χ2v) is 16.6. The predicted octanol–water partition coefficient (Wildman–Crippen LogP) is 5.51. The molecule has 2 saturated heterocycles. The molecule has 0 aromatic heterocycles. The standard InChI is InChI=1S/C45H84O14/c1-3-5-7-9-11-13-15-17-18-20-22-24-26-28-37(47)57-34(31-54-29-27-25-23-21-19-16-14-12-10-8-6-4-2)32-55-44-43(53)41(51)39(49)36(59-44)33-56-45-42(52)40(50)38(48)35(30-46)58-45/h13,15,34-36,38-46,48-53H,3-12,14,16-33H2,1-2H3/b15-13-. The molecule has 0 spiro atoms. The summed E-state index contributed by atoms with van der Waals surface area (Å²) in [4.78, 5) is 12.9. The zero-order valence-electron chi connectivity index (χ0n) is 36.5. The maximum absolute atomic E-state index is 12.9. The lowest BCUT2D eigenvalue weighted by Gasteiger charge is -2.42. The van der Waals surface area contributed by atoms with E-state index in [1.807, 2.05) is 0 Å². The lowest BCUT2D eigenvalue weighted by atomic mass is 9.98. The summed E-state index contributed by atoms with van der Waals surface area (Å²) in [6.45, 7) is 3.66. The van der Waals surface area contributed by atoms with Gasteiger partial charge in [-0.05, 0) is 38.5 Å². The van der Waals surface area contributed by atoms with Crippen LogP contribution in [0.5, 0.6) is 0 Å². The Bertz CT molecular complexity index is 1030. The van der Waals surface area contributed by atoms with Crippen molar-refractivity contribution in [3.05, 3.63) is 12.2 Å². The van der Waals surface area contributed by atoms with Gasteiger partial charge in [-0.1, -0.05) is 135 Å². The summed E-state index contributed by atoms with van der Waals surface area (Å²) in [5.74, 6) is -0.384. The van der Waals surface area contributed by atoms with Crippen LogP contribution in [0.3, 0.4) is 0 Å². The second-order valence-electron chi connectivity index (χ2n) is 16.6. The van der Waals surface area contributed by atoms with Crippen LogP contribution < -0.4 is 0 Å². The largest absolute Gasteiger partial charge is 0.457 e. The van der Waals surface area contributed by atoms with Crippen LogP contribution in [-0.2, 0) is 33.2 Å². The van der Waals surface area contributed by atoms with Crippen molar-refractivity contribution < 1.29 is 69.0 Å². The van der Waals surface area contributed by atoms with Crippen molar-refractivity contribution in [2.24, 2.45) is 0 Å². The molecule has 0 amide bonds. The molecular formula is C45H84O14. The number of rotatable bonds is 36. The number of allylic oxidation sites excluding steroid dienone is 2. The number of hydrogen-bond donors (Lipinski definition) is 7. The van der Waals surface area contributed by atoms with Gasteiger partial charge in [-0.15, -0.1) is 0 Å². The summed E-state index contributed by atoms with van der Waals surface area (Å²) in [6.07, 6.45) is 15.6. The van der Waals surface area contributed by atoms with Crippen LogP contribution >= 0.6 is 0 Å². The number of carbonyl (C=O) groups excluding carboxylic acids is 1. The highest BCUT2D eigenvalue weighted by molar-refractivity contribution is 5.69. The SMILES string of the molecule is CCCCCC/C=C\CCCCCCCC(=O)OC(COCCCCCCCCCCCCCC)COC1OC(COC2OC(CO)C(O)C(O)C2O)C(O)C(O)C1O. The topological polar surface area (TPSA) is 214 Å². The van der Waals surface area contributed by atoms with E-state index in [2.05, 4.69) is 26.0 Å². The zero-order chi connectivity index (χ0) is 43.1. The molecule has 14 heteroatoms. The van der Waals surface area contributed by atoms with Crippen molar-refractivity contribution >= 4 is 5.97 Å². The summed E-state index contributed by atoms with van der Waals surface area (Å²) in [5.41, 5.74) is 0. The molecule has 11 atom stereocenters. The first-order valence-electron chi connectivity index (χ1n) is 23.3. The number of esters is 1. The van der Waals surface area contributed by atoms with Gasteiger partial charge in [0.05, 0.1) is 26.4 Å². The van der Waals surface area contributed by atoms with Gasteiger partial charge in [0.2, 0.25) is 0 Å². The molecule has 2 heterocycles. The van der Waals surface area contributed by atoms with Crippen molar-refractivity contribution in [2.45, 2.75) is 235 Å². The van der Waals surface area contributed by atoms with Crippen LogP contribution in [0.2, 0.25) is 0 Å². The minimum absolute atomic E-state index is 0.0630. The number of ether oxygens (including phenoxy) is 6. The number of aliphatic hydroxyl groups excluding tert-OH is 7. The fourth-order valence-electron chi connectivity index (χ4n) is 7.40. The third-order valence-corrected chi connectivity index (χ3v) is 11.3. The van der Waals surface area contributed by atoms with Gasteiger partial charge in [0.15, 0.2) is 12.6 Å². The molecule has 59 heavy (non-hydrogen) atoms. The van der Waals surface area contributed by atoms with E-state index in [1.165, 1.54) is 83.5 Å². The highest BCUT2D eigenvalue weighted by atomic mass is 16.7. The second kappa shape index (κ2) is 34.2. The van der Waals surface area contributed by atoms with Gasteiger partial charge < -0.3 is 64.2 Å². The Labute approximate surface area is 354 Å². The van der Waals surface area contributed by atoms with Crippen LogP contribution in [0.15, 0.2) is 12.2 Å². The zero-order valence-corrected chi connectivity index (χ0v) is 36.5. The minimum Gasteiger partial charge on any atom is -0.457 e. The van der Waals surface area contributed by atoms with E-state index in [0.717, 1.165) is 57.8 Å². The highest BCUT2D eigenvalue weighted by Crippen LogP contribution is 2.26. The van der Waals surface area contributed by atoms with Crippen LogP contribution in [0, 0.1) is 0 Å². The lowest BCUT2D eigenvalue weighted by molar-refractivity contribution is -0.332. The predicted molar refractivity (Wildman–Crippen MR) is 224 cm³/mol. The Hall–Kier alpha value is -1.27. The molecule has 2 aliphatic rings. The van der Waals surface area contributed by atoms with Crippen LogP contribution in [0.4, 0.5) is 0 Å². The maximum atomic E-state index is 12.9. The van der Waals surface area contributed by atoms with E-state index in [0.29, 0.717) is 13.0 Å². The monoisotopic (exact) mass is 849 g/mol. The first kappa shape index (κ1) is 53.9. The molecule has 14 nitrogen and oxygen atoms in total. The summed E-state index contributed by atoms with van der Waals surface area (Å²) in [5, 5.41) is 71.9. The Balaban J connectivity index is 1.82. The maximum Gasteiger partial charge on any atom is 0.306 e. The van der Waals surface area contributed by atoms with Crippen molar-refractivity contribution in [1.29, 1.82) is 0 Å². The molecule has 0 aliphatic carbocycles. The fraction of sp³-hybridized carbons (Fsp3) is 0.933. The fourth-order valence-corrected chi connectivity index (χ4v) is 7.40. The van der Waals surface area contributed by atoms with E-state index < -0.39 is 80.7 Å². The first-order valence-corrected chi connectivity index (χ1v) is 23.3. The van der Waals surface area contributed by atoms with Gasteiger partial charge >= 0.3 is 5.97 Å². The van der Waals surface area contributed by atoms with Crippen molar-refractivity contribution in [1.82, 2.24) is 0 Å². The molecule has 0 aromatic rings. The van der Waals surface area contributed by atoms with Crippen molar-refractivity contribution in [2.75, 3.05) is 33.0 Å². The molecule has 0 radical (unpaired) electrons. The minimum atomic E-state index is -1.70. The molecule has 2 rings (SSSR count). The average molecular weight is 849 g/mol. The van der Waals surface area contributed by atoms with E-state index >= 15 is 0 Å². The summed E-state index contributed by atoms with van der Waals surface area (Å²) >= 11 is 0. The lowest BCUT2D eigenvalue weighted by Crippen LogP contribution is -2.61. The Morgan fingerprint density at radius 2 is 1.00 bits per heavy atom. The molecule has 2 aliphatic heterocycles. The van der Waals surface area contributed by atoms with E-state index in [4.69, 9.17) is 28.4 Å². The van der Waals surface area contributed by atoms with Crippen LogP contribution in [-0.4, -0.2) is 142 Å². The quantitative estimate of drug-likeness (QED) is 0.0235. The Morgan fingerprint density at radius 1 is 0.542 bits per heavy atom. The van der Waals surface area contributed by atoms with E-state index in [-0.39, 0.29) is 25.6 Å². The Kier molecular flexibility index (Phi) is 31.3. The Morgan fingerprint density at radius 3 is 1.56 bits per heavy atom. The smallest absolute Gasteiger partial charge is 0.306 e. The van der Waals surface area contributed by atoms with E-state index in [1.54, 1.807) is 0 Å². The number of carbonyl (C=O) groups is 1. The van der Waals surface area contributed by atoms with Gasteiger partial charge in [-0.2, -0.15) is 0 Å². The number of unbranched alkanes of at least 4 members (excludes halogenated alkanes) is 20. The van der Waals surface area contributed by atoms with Gasteiger partial charge in [-0.3, -0.25) is 4.79 Å². The summed E-state index contributed by atoms with van der Waals surface area (Å²) in [6, 6.07) is 0. The third-order valence-electron chi connectivity index (χ3n) is 11.3. The van der Waals surface area contributed by atoms with Crippen LogP contribution in [0.25, 0.3) is 0 Å². The first-order chi connectivity index (χ1) is 28.6. The normalized spacial score (nSPS) is 28.0. The van der Waals surface area contributed by atoms with Gasteiger partial charge in [-0.25, -0.2) is 0 Å². The van der Waals surface area contributed by atoms with E-state index in [9.17, 15) is 40.5 Å². The molecular weight excluding hydrogens is 764 g/mol. The third kappa shape index (κ3) is 23.1. The molecule has 7 N–H and O–H groups in total. The highest BCUT2D eigenvalue weighted by Gasteiger charge is 2.47. The summed E-state index contributed by atoms with van der Waals surface area (Å²) < 4.78 is 34.1. The van der Waals surface area contributed by atoms with Crippen LogP contribution in [0.1, 0.15) is 168 Å². The van der Waals surface area contributed by atoms with Gasteiger partial charge in [0.25, 0.3) is 0 Å².